The number of benzene rings is 1. The van der Waals surface area contributed by atoms with Gasteiger partial charge in [-0.15, -0.1) is 0 Å². The normalized spacial score (nSPS) is 16.6. The van der Waals surface area contributed by atoms with Crippen molar-refractivity contribution < 1.29 is 4.74 Å². The van der Waals surface area contributed by atoms with Gasteiger partial charge < -0.3 is 4.74 Å². The third kappa shape index (κ3) is 4.65. The van der Waals surface area contributed by atoms with Gasteiger partial charge in [0.1, 0.15) is 0 Å². The van der Waals surface area contributed by atoms with E-state index in [9.17, 15) is 0 Å². The molecule has 3 nitrogen and oxygen atoms in total. The number of ether oxygens (including phenoxy) is 1. The van der Waals surface area contributed by atoms with Gasteiger partial charge in [-0.25, -0.2) is 0 Å². The van der Waals surface area contributed by atoms with Crippen LogP contribution in [0.1, 0.15) is 45.7 Å². The molecule has 0 radical (unpaired) electrons. The molecule has 0 unspecified atom stereocenters. The maximum absolute atomic E-state index is 5.62. The van der Waals surface area contributed by atoms with Gasteiger partial charge in [0.15, 0.2) is 11.6 Å². The summed E-state index contributed by atoms with van der Waals surface area (Å²) >= 11 is 0. The molecule has 0 atom stereocenters. The standard InChI is InChI=1S/C13H14N2O.2C2H6/c1-4-11-12(14-3)15-13(16-11)10-7-5-9(2)6-8-10;2*1-2/h4-8H,1-3H3;2*1-2H3/b11-4+,14-12?;;. The van der Waals surface area contributed by atoms with Crippen LogP contribution < -0.4 is 0 Å². The minimum atomic E-state index is 0.619. The Balaban J connectivity index is 0.000000829. The first-order valence-electron chi connectivity index (χ1n) is 7.21. The van der Waals surface area contributed by atoms with Crippen molar-refractivity contribution in [2.75, 3.05) is 7.05 Å². The number of allylic oxidation sites excluding steroid dienone is 1. The minimum Gasteiger partial charge on any atom is -0.435 e. The van der Waals surface area contributed by atoms with Crippen LogP contribution in [0.25, 0.3) is 0 Å². The average molecular weight is 274 g/mol. The van der Waals surface area contributed by atoms with E-state index in [2.05, 4.69) is 16.9 Å². The Hall–Kier alpha value is -1.90. The lowest BCUT2D eigenvalue weighted by atomic mass is 10.1. The Kier molecular flexibility index (Phi) is 9.01. The fourth-order valence-corrected chi connectivity index (χ4v) is 1.49. The van der Waals surface area contributed by atoms with Crippen molar-refractivity contribution in [3.05, 3.63) is 47.2 Å². The van der Waals surface area contributed by atoms with E-state index < -0.39 is 0 Å². The fourth-order valence-electron chi connectivity index (χ4n) is 1.49. The second-order valence-corrected chi connectivity index (χ2v) is 3.59. The summed E-state index contributed by atoms with van der Waals surface area (Å²) in [5.74, 6) is 1.99. The molecule has 0 saturated heterocycles. The third-order valence-electron chi connectivity index (χ3n) is 2.41. The van der Waals surface area contributed by atoms with Crippen LogP contribution in [0.15, 0.2) is 46.1 Å². The van der Waals surface area contributed by atoms with Gasteiger partial charge in [-0.2, -0.15) is 4.99 Å². The van der Waals surface area contributed by atoms with Gasteiger partial charge in [0.25, 0.3) is 0 Å². The first-order chi connectivity index (χ1) is 9.74. The first-order valence-corrected chi connectivity index (χ1v) is 7.21. The summed E-state index contributed by atoms with van der Waals surface area (Å²) in [4.78, 5) is 8.40. The first kappa shape index (κ1) is 18.1. The molecule has 1 aromatic carbocycles. The molecule has 20 heavy (non-hydrogen) atoms. The second-order valence-electron chi connectivity index (χ2n) is 3.59. The van der Waals surface area contributed by atoms with Crippen molar-refractivity contribution >= 4 is 11.7 Å². The van der Waals surface area contributed by atoms with E-state index in [1.54, 1.807) is 7.05 Å². The molecule has 2 rings (SSSR count). The van der Waals surface area contributed by atoms with Crippen LogP contribution in [0.4, 0.5) is 0 Å². The van der Waals surface area contributed by atoms with Crippen LogP contribution in [0.2, 0.25) is 0 Å². The lowest BCUT2D eigenvalue weighted by molar-refractivity contribution is 0.459. The number of rotatable bonds is 1. The molecule has 1 aromatic rings. The van der Waals surface area contributed by atoms with Gasteiger partial charge in [-0.05, 0) is 32.1 Å². The van der Waals surface area contributed by atoms with Gasteiger partial charge in [0.05, 0.1) is 0 Å². The predicted octanol–water partition coefficient (Wildman–Crippen LogP) is 4.76. The lowest BCUT2D eigenvalue weighted by Crippen LogP contribution is -2.00. The summed E-state index contributed by atoms with van der Waals surface area (Å²) in [6.45, 7) is 12.0. The van der Waals surface area contributed by atoms with Crippen LogP contribution in [0.5, 0.6) is 0 Å². The van der Waals surface area contributed by atoms with Crippen molar-refractivity contribution in [1.29, 1.82) is 0 Å². The van der Waals surface area contributed by atoms with Crippen LogP contribution >= 0.6 is 0 Å². The minimum absolute atomic E-state index is 0.619. The molecule has 1 heterocycles. The smallest absolute Gasteiger partial charge is 0.228 e. The van der Waals surface area contributed by atoms with Gasteiger partial charge in [-0.1, -0.05) is 45.4 Å². The van der Waals surface area contributed by atoms with Crippen LogP contribution in [0, 0.1) is 6.92 Å². The zero-order valence-corrected chi connectivity index (χ0v) is 13.7. The van der Waals surface area contributed by atoms with Crippen molar-refractivity contribution in [2.45, 2.75) is 41.5 Å². The molecule has 1 aliphatic heterocycles. The van der Waals surface area contributed by atoms with Crippen LogP contribution in [-0.4, -0.2) is 18.8 Å². The van der Waals surface area contributed by atoms with E-state index in [1.165, 1.54) is 5.56 Å². The number of nitrogens with zero attached hydrogens (tertiary/aromatic N) is 2. The quantitative estimate of drug-likeness (QED) is 0.727. The Morgan fingerprint density at radius 1 is 1.05 bits per heavy atom. The number of aliphatic imine (C=N–C) groups is 2. The second kappa shape index (κ2) is 9.96. The van der Waals surface area contributed by atoms with Crippen molar-refractivity contribution in [3.8, 4) is 0 Å². The van der Waals surface area contributed by atoms with Gasteiger partial charge >= 0.3 is 0 Å². The highest BCUT2D eigenvalue weighted by Gasteiger charge is 2.20. The Morgan fingerprint density at radius 3 is 2.00 bits per heavy atom. The molecule has 0 fully saturated rings. The zero-order chi connectivity index (χ0) is 15.5. The zero-order valence-electron chi connectivity index (χ0n) is 13.7. The molecular weight excluding hydrogens is 248 g/mol. The fraction of sp³-hybridized carbons (Fsp3) is 0.412. The van der Waals surface area contributed by atoms with Crippen molar-refractivity contribution in [1.82, 2.24) is 0 Å². The Morgan fingerprint density at radius 2 is 1.60 bits per heavy atom. The molecule has 3 heteroatoms. The Bertz CT molecular complexity index is 482. The molecule has 0 N–H and O–H groups in total. The van der Waals surface area contributed by atoms with E-state index in [0.717, 1.165) is 11.3 Å². The van der Waals surface area contributed by atoms with Gasteiger partial charge in [-0.3, -0.25) is 4.99 Å². The maximum Gasteiger partial charge on any atom is 0.228 e. The molecule has 0 amide bonds. The molecule has 0 spiro atoms. The summed E-state index contributed by atoms with van der Waals surface area (Å²) in [6, 6.07) is 8.08. The predicted molar refractivity (Wildman–Crippen MR) is 88.6 cm³/mol. The van der Waals surface area contributed by atoms with Gasteiger partial charge in [0, 0.05) is 12.6 Å². The van der Waals surface area contributed by atoms with Gasteiger partial charge in [0.2, 0.25) is 5.90 Å². The highest BCUT2D eigenvalue weighted by atomic mass is 16.5. The van der Waals surface area contributed by atoms with Crippen molar-refractivity contribution in [2.24, 2.45) is 9.98 Å². The summed E-state index contributed by atoms with van der Waals surface area (Å²) in [6.07, 6.45) is 1.87. The lowest BCUT2D eigenvalue weighted by Gasteiger charge is -2.01. The summed E-state index contributed by atoms with van der Waals surface area (Å²) in [7, 11) is 1.71. The molecule has 0 aliphatic carbocycles. The molecular formula is C17H26N2O. The van der Waals surface area contributed by atoms with Crippen LogP contribution in [-0.2, 0) is 4.74 Å². The topological polar surface area (TPSA) is 34.0 Å². The maximum atomic E-state index is 5.62. The highest BCUT2D eigenvalue weighted by Crippen LogP contribution is 2.17. The van der Waals surface area contributed by atoms with Crippen LogP contribution in [0.3, 0.4) is 0 Å². The average Bonchev–Trinajstić information content (AvgIpc) is 2.95. The highest BCUT2D eigenvalue weighted by molar-refractivity contribution is 6.14. The number of amidine groups is 1. The van der Waals surface area contributed by atoms with E-state index in [0.29, 0.717) is 11.7 Å². The SMILES string of the molecule is C/C=C1/OC(c2ccc(C)cc2)=NC1=NC.CC.CC. The largest absolute Gasteiger partial charge is 0.435 e. The van der Waals surface area contributed by atoms with E-state index in [1.807, 2.05) is 65.0 Å². The van der Waals surface area contributed by atoms with Crippen molar-refractivity contribution in [3.63, 3.8) is 0 Å². The summed E-state index contributed by atoms with van der Waals surface area (Å²) < 4.78 is 5.62. The molecule has 0 saturated carbocycles. The third-order valence-corrected chi connectivity index (χ3v) is 2.41. The Labute approximate surface area is 123 Å². The van der Waals surface area contributed by atoms with E-state index in [-0.39, 0.29) is 0 Å². The monoisotopic (exact) mass is 274 g/mol. The van der Waals surface area contributed by atoms with E-state index >= 15 is 0 Å². The number of aryl methyl sites for hydroxylation is 1. The molecule has 0 bridgehead atoms. The summed E-state index contributed by atoms with van der Waals surface area (Å²) in [5.41, 5.74) is 2.20. The number of hydrogen-bond donors (Lipinski definition) is 0. The molecule has 0 aromatic heterocycles. The summed E-state index contributed by atoms with van der Waals surface area (Å²) in [5, 5.41) is 0. The number of hydrogen-bond acceptors (Lipinski definition) is 2. The molecule has 1 aliphatic rings. The van der Waals surface area contributed by atoms with E-state index in [4.69, 9.17) is 4.74 Å². The molecule has 110 valence electrons.